The van der Waals surface area contributed by atoms with E-state index in [9.17, 15) is 9.59 Å². The molecule has 2 aliphatic rings. The Labute approximate surface area is 114 Å². The Morgan fingerprint density at radius 3 is 2.68 bits per heavy atom. The predicted octanol–water partition coefficient (Wildman–Crippen LogP) is 1.93. The number of amides is 2. The van der Waals surface area contributed by atoms with E-state index in [0.29, 0.717) is 25.4 Å². The Kier molecular flexibility index (Phi) is 4.02. The lowest BCUT2D eigenvalue weighted by Crippen LogP contribution is -2.42. The number of carboxylic acid groups (broad SMARTS) is 1. The van der Waals surface area contributed by atoms with Gasteiger partial charge in [-0.1, -0.05) is 13.3 Å². The minimum absolute atomic E-state index is 0.107. The first-order valence-electron chi connectivity index (χ1n) is 7.17. The summed E-state index contributed by atoms with van der Waals surface area (Å²) >= 11 is 0. The largest absolute Gasteiger partial charge is 0.481 e. The van der Waals surface area contributed by atoms with Gasteiger partial charge in [0.05, 0.1) is 5.41 Å². The molecule has 2 N–H and O–H groups in total. The minimum atomic E-state index is -0.813. The van der Waals surface area contributed by atoms with Crippen LogP contribution in [0.2, 0.25) is 0 Å². The highest BCUT2D eigenvalue weighted by atomic mass is 16.4. The lowest BCUT2D eigenvalue weighted by Gasteiger charge is -2.21. The second-order valence-electron chi connectivity index (χ2n) is 6.51. The van der Waals surface area contributed by atoms with Crippen LogP contribution in [0.4, 0.5) is 4.79 Å². The summed E-state index contributed by atoms with van der Waals surface area (Å²) in [5.41, 5.74) is -0.779. The SMILES string of the molecule is CC1CCC(CNC(=O)N2CCC(C)(C(=O)O)C2)C1. The van der Waals surface area contributed by atoms with Gasteiger partial charge >= 0.3 is 12.0 Å². The molecule has 0 aromatic heterocycles. The quantitative estimate of drug-likeness (QED) is 0.821. The van der Waals surface area contributed by atoms with Crippen LogP contribution >= 0.6 is 0 Å². The number of urea groups is 1. The van der Waals surface area contributed by atoms with Gasteiger partial charge in [-0.2, -0.15) is 0 Å². The van der Waals surface area contributed by atoms with Gasteiger partial charge in [0.25, 0.3) is 0 Å². The zero-order chi connectivity index (χ0) is 14.0. The molecule has 3 unspecified atom stereocenters. The van der Waals surface area contributed by atoms with Gasteiger partial charge < -0.3 is 15.3 Å². The molecule has 108 valence electrons. The normalized spacial score (nSPS) is 34.5. The van der Waals surface area contributed by atoms with E-state index >= 15 is 0 Å². The zero-order valence-corrected chi connectivity index (χ0v) is 11.8. The minimum Gasteiger partial charge on any atom is -0.481 e. The highest BCUT2D eigenvalue weighted by Crippen LogP contribution is 2.31. The molecule has 1 saturated carbocycles. The van der Waals surface area contributed by atoms with Crippen LogP contribution in [-0.4, -0.2) is 41.6 Å². The monoisotopic (exact) mass is 268 g/mol. The fourth-order valence-corrected chi connectivity index (χ4v) is 3.16. The van der Waals surface area contributed by atoms with E-state index in [-0.39, 0.29) is 6.03 Å². The van der Waals surface area contributed by atoms with Gasteiger partial charge in [0.2, 0.25) is 0 Å². The van der Waals surface area contributed by atoms with Crippen molar-refractivity contribution in [3.8, 4) is 0 Å². The van der Waals surface area contributed by atoms with Crippen LogP contribution in [0, 0.1) is 17.3 Å². The molecule has 0 spiro atoms. The number of carbonyl (C=O) groups is 2. The van der Waals surface area contributed by atoms with Gasteiger partial charge in [0.15, 0.2) is 0 Å². The zero-order valence-electron chi connectivity index (χ0n) is 11.8. The van der Waals surface area contributed by atoms with E-state index in [1.807, 2.05) is 0 Å². The molecule has 1 heterocycles. The third-order valence-corrected chi connectivity index (χ3v) is 4.62. The van der Waals surface area contributed by atoms with Crippen LogP contribution in [0.15, 0.2) is 0 Å². The number of likely N-dealkylation sites (tertiary alicyclic amines) is 1. The van der Waals surface area contributed by atoms with Crippen molar-refractivity contribution in [1.29, 1.82) is 0 Å². The van der Waals surface area contributed by atoms with Gasteiger partial charge in [-0.05, 0) is 38.0 Å². The molecular formula is C14H24N2O3. The van der Waals surface area contributed by atoms with Crippen molar-refractivity contribution < 1.29 is 14.7 Å². The fraction of sp³-hybridized carbons (Fsp3) is 0.857. The molecule has 0 aromatic rings. The van der Waals surface area contributed by atoms with E-state index in [2.05, 4.69) is 12.2 Å². The van der Waals surface area contributed by atoms with Crippen LogP contribution in [0.3, 0.4) is 0 Å². The number of hydrogen-bond donors (Lipinski definition) is 2. The summed E-state index contributed by atoms with van der Waals surface area (Å²) in [6, 6.07) is -0.107. The van der Waals surface area contributed by atoms with Gasteiger partial charge in [0.1, 0.15) is 0 Å². The highest BCUT2D eigenvalue weighted by molar-refractivity contribution is 5.79. The Hall–Kier alpha value is -1.26. The van der Waals surface area contributed by atoms with Crippen LogP contribution < -0.4 is 5.32 Å². The highest BCUT2D eigenvalue weighted by Gasteiger charge is 2.42. The first-order chi connectivity index (χ1) is 8.90. The molecule has 5 heteroatoms. The summed E-state index contributed by atoms with van der Waals surface area (Å²) in [5.74, 6) is 0.545. The average Bonchev–Trinajstić information content (AvgIpc) is 2.94. The predicted molar refractivity (Wildman–Crippen MR) is 71.8 cm³/mol. The molecule has 3 atom stereocenters. The number of hydrogen-bond acceptors (Lipinski definition) is 2. The van der Waals surface area contributed by atoms with Crippen molar-refractivity contribution in [2.45, 2.75) is 39.5 Å². The van der Waals surface area contributed by atoms with E-state index < -0.39 is 11.4 Å². The Balaban J connectivity index is 1.77. The number of carboxylic acids is 1. The summed E-state index contributed by atoms with van der Waals surface area (Å²) in [5, 5.41) is 12.1. The maximum Gasteiger partial charge on any atom is 0.317 e. The maximum atomic E-state index is 12.0. The smallest absolute Gasteiger partial charge is 0.317 e. The molecule has 0 radical (unpaired) electrons. The molecule has 1 saturated heterocycles. The van der Waals surface area contributed by atoms with Gasteiger partial charge in [0, 0.05) is 19.6 Å². The molecule has 0 bridgehead atoms. The first kappa shape index (κ1) is 14.2. The summed E-state index contributed by atoms with van der Waals surface area (Å²) in [6.45, 7) is 5.54. The number of carbonyl (C=O) groups excluding carboxylic acids is 1. The van der Waals surface area contributed by atoms with Crippen LogP contribution in [0.25, 0.3) is 0 Å². The maximum absolute atomic E-state index is 12.0. The summed E-state index contributed by atoms with van der Waals surface area (Å²) in [4.78, 5) is 24.8. The van der Waals surface area contributed by atoms with Crippen molar-refractivity contribution in [2.75, 3.05) is 19.6 Å². The standard InChI is InChI=1S/C14H24N2O3/c1-10-3-4-11(7-10)8-15-13(19)16-6-5-14(2,9-16)12(17)18/h10-11H,3-9H2,1-2H3,(H,15,19)(H,17,18). The number of rotatable bonds is 3. The van der Waals surface area contributed by atoms with Crippen molar-refractivity contribution in [1.82, 2.24) is 10.2 Å². The molecule has 2 fully saturated rings. The van der Waals surface area contributed by atoms with E-state index in [1.54, 1.807) is 11.8 Å². The molecule has 0 aromatic carbocycles. The van der Waals surface area contributed by atoms with Crippen LogP contribution in [-0.2, 0) is 4.79 Å². The number of aliphatic carboxylic acids is 1. The third kappa shape index (κ3) is 3.19. The molecule has 5 nitrogen and oxygen atoms in total. The van der Waals surface area contributed by atoms with E-state index in [4.69, 9.17) is 5.11 Å². The molecule has 2 rings (SSSR count). The second kappa shape index (κ2) is 5.39. The second-order valence-corrected chi connectivity index (χ2v) is 6.51. The summed E-state index contributed by atoms with van der Waals surface area (Å²) in [7, 11) is 0. The van der Waals surface area contributed by atoms with Crippen molar-refractivity contribution in [3.63, 3.8) is 0 Å². The van der Waals surface area contributed by atoms with Crippen molar-refractivity contribution in [3.05, 3.63) is 0 Å². The molecular weight excluding hydrogens is 244 g/mol. The van der Waals surface area contributed by atoms with Gasteiger partial charge in [-0.3, -0.25) is 4.79 Å². The average molecular weight is 268 g/mol. The third-order valence-electron chi connectivity index (χ3n) is 4.62. The summed E-state index contributed by atoms with van der Waals surface area (Å²) in [6.07, 6.45) is 4.17. The molecule has 1 aliphatic carbocycles. The number of nitrogens with zero attached hydrogens (tertiary/aromatic N) is 1. The molecule has 19 heavy (non-hydrogen) atoms. The van der Waals surface area contributed by atoms with Gasteiger partial charge in [-0.25, -0.2) is 4.79 Å². The lowest BCUT2D eigenvalue weighted by molar-refractivity contribution is -0.146. The topological polar surface area (TPSA) is 69.6 Å². The molecule has 1 aliphatic heterocycles. The fourth-order valence-electron chi connectivity index (χ4n) is 3.16. The van der Waals surface area contributed by atoms with Crippen LogP contribution in [0.1, 0.15) is 39.5 Å². The van der Waals surface area contributed by atoms with E-state index in [0.717, 1.165) is 12.5 Å². The Bertz CT molecular complexity index is 372. The van der Waals surface area contributed by atoms with Crippen LogP contribution in [0.5, 0.6) is 0 Å². The van der Waals surface area contributed by atoms with E-state index in [1.165, 1.54) is 19.3 Å². The van der Waals surface area contributed by atoms with Gasteiger partial charge in [-0.15, -0.1) is 0 Å². The van der Waals surface area contributed by atoms with Crippen molar-refractivity contribution in [2.24, 2.45) is 17.3 Å². The first-order valence-corrected chi connectivity index (χ1v) is 7.17. The lowest BCUT2D eigenvalue weighted by atomic mass is 9.90. The molecule has 2 amide bonds. The number of nitrogens with one attached hydrogen (secondary N) is 1. The summed E-state index contributed by atoms with van der Waals surface area (Å²) < 4.78 is 0. The Morgan fingerprint density at radius 1 is 1.42 bits per heavy atom. The Morgan fingerprint density at radius 2 is 2.16 bits per heavy atom. The van der Waals surface area contributed by atoms with Crippen molar-refractivity contribution >= 4 is 12.0 Å².